The van der Waals surface area contributed by atoms with E-state index in [4.69, 9.17) is 5.73 Å². The fraction of sp³-hybridized carbons (Fsp3) is 0.409. The van der Waals surface area contributed by atoms with E-state index in [-0.39, 0.29) is 36.1 Å². The molecule has 0 spiro atoms. The molecule has 2 N–H and O–H groups in total. The first-order valence-corrected chi connectivity index (χ1v) is 10.8. The second kappa shape index (κ2) is 7.99. The second-order valence-electron chi connectivity index (χ2n) is 7.87. The van der Waals surface area contributed by atoms with Gasteiger partial charge in [0.1, 0.15) is 0 Å². The molecule has 3 heterocycles. The predicted molar refractivity (Wildman–Crippen MR) is 112 cm³/mol. The molecule has 2 atom stereocenters. The number of carbonyl (C=O) groups is 3. The van der Waals surface area contributed by atoms with Crippen molar-refractivity contribution in [1.29, 1.82) is 0 Å². The number of rotatable bonds is 4. The van der Waals surface area contributed by atoms with Crippen molar-refractivity contribution in [3.63, 3.8) is 0 Å². The summed E-state index contributed by atoms with van der Waals surface area (Å²) >= 11 is 1.57. The fourth-order valence-corrected chi connectivity index (χ4v) is 5.25. The van der Waals surface area contributed by atoms with E-state index < -0.39 is 5.92 Å². The SMILES string of the molecule is Cc1ccc(N2C(=O)CC(C(=O)N3CCC(C(N)=O)CC3)C2c2cccs2)cc1. The number of nitrogens with two attached hydrogens (primary N) is 1. The third-order valence-corrected chi connectivity index (χ3v) is 6.94. The predicted octanol–water partition coefficient (Wildman–Crippen LogP) is 2.87. The van der Waals surface area contributed by atoms with E-state index in [1.807, 2.05) is 48.7 Å². The zero-order valence-corrected chi connectivity index (χ0v) is 17.2. The molecule has 1 aromatic heterocycles. The van der Waals surface area contributed by atoms with Gasteiger partial charge < -0.3 is 15.5 Å². The number of aryl methyl sites for hydroxylation is 1. The Morgan fingerprint density at radius 1 is 1.10 bits per heavy atom. The van der Waals surface area contributed by atoms with Crippen LogP contribution in [0, 0.1) is 18.8 Å². The van der Waals surface area contributed by atoms with Gasteiger partial charge in [0.05, 0.1) is 12.0 Å². The largest absolute Gasteiger partial charge is 0.369 e. The van der Waals surface area contributed by atoms with Crippen molar-refractivity contribution < 1.29 is 14.4 Å². The van der Waals surface area contributed by atoms with Crippen molar-refractivity contribution in [2.45, 2.75) is 32.2 Å². The highest BCUT2D eigenvalue weighted by Crippen LogP contribution is 2.44. The number of amides is 3. The Kier molecular flexibility index (Phi) is 5.41. The molecule has 0 bridgehead atoms. The molecule has 3 amide bonds. The molecule has 6 nitrogen and oxygen atoms in total. The van der Waals surface area contributed by atoms with Crippen LogP contribution in [-0.2, 0) is 14.4 Å². The van der Waals surface area contributed by atoms with Gasteiger partial charge in [0.25, 0.3) is 0 Å². The van der Waals surface area contributed by atoms with Crippen LogP contribution in [0.3, 0.4) is 0 Å². The Hall–Kier alpha value is -2.67. The quantitative estimate of drug-likeness (QED) is 0.840. The van der Waals surface area contributed by atoms with Crippen LogP contribution in [0.1, 0.15) is 35.7 Å². The minimum Gasteiger partial charge on any atom is -0.369 e. The molecule has 2 aromatic rings. The Labute approximate surface area is 174 Å². The number of carbonyl (C=O) groups excluding carboxylic acids is 3. The molecule has 0 aliphatic carbocycles. The molecule has 2 saturated heterocycles. The first kappa shape index (κ1) is 19.6. The first-order valence-electron chi connectivity index (χ1n) is 9.96. The minimum atomic E-state index is -0.424. The summed E-state index contributed by atoms with van der Waals surface area (Å²) in [5.74, 6) is -0.920. The maximum absolute atomic E-state index is 13.4. The van der Waals surface area contributed by atoms with Gasteiger partial charge >= 0.3 is 0 Å². The number of hydrogen-bond acceptors (Lipinski definition) is 4. The maximum Gasteiger partial charge on any atom is 0.228 e. The van der Waals surface area contributed by atoms with Crippen molar-refractivity contribution in [3.8, 4) is 0 Å². The van der Waals surface area contributed by atoms with Crippen LogP contribution in [0.15, 0.2) is 41.8 Å². The molecule has 4 rings (SSSR count). The third-order valence-electron chi connectivity index (χ3n) is 6.00. The molecule has 152 valence electrons. The third kappa shape index (κ3) is 3.79. The topological polar surface area (TPSA) is 83.7 Å². The minimum absolute atomic E-state index is 0.00529. The number of primary amides is 1. The van der Waals surface area contributed by atoms with Crippen LogP contribution in [0.4, 0.5) is 5.69 Å². The Balaban J connectivity index is 1.61. The lowest BCUT2D eigenvalue weighted by molar-refractivity contribution is -0.139. The van der Waals surface area contributed by atoms with E-state index in [0.717, 1.165) is 16.1 Å². The number of nitrogens with zero attached hydrogens (tertiary/aromatic N) is 2. The van der Waals surface area contributed by atoms with Gasteiger partial charge in [-0.15, -0.1) is 11.3 Å². The summed E-state index contributed by atoms with van der Waals surface area (Å²) in [6.07, 6.45) is 1.38. The summed E-state index contributed by atoms with van der Waals surface area (Å²) in [4.78, 5) is 42.4. The number of benzene rings is 1. The lowest BCUT2D eigenvalue weighted by Crippen LogP contribution is -2.45. The molecule has 2 aliphatic rings. The zero-order chi connectivity index (χ0) is 20.5. The molecule has 0 saturated carbocycles. The second-order valence-corrected chi connectivity index (χ2v) is 8.85. The molecule has 29 heavy (non-hydrogen) atoms. The maximum atomic E-state index is 13.4. The molecular weight excluding hydrogens is 386 g/mol. The van der Waals surface area contributed by atoms with Crippen molar-refractivity contribution in [2.24, 2.45) is 17.6 Å². The highest BCUT2D eigenvalue weighted by Gasteiger charge is 2.47. The van der Waals surface area contributed by atoms with Gasteiger partial charge in [0.15, 0.2) is 0 Å². The number of hydrogen-bond donors (Lipinski definition) is 1. The summed E-state index contributed by atoms with van der Waals surface area (Å²) in [6, 6.07) is 11.5. The first-order chi connectivity index (χ1) is 14.0. The zero-order valence-electron chi connectivity index (χ0n) is 16.4. The number of piperidine rings is 1. The van der Waals surface area contributed by atoms with E-state index in [0.29, 0.717) is 25.9 Å². The summed E-state index contributed by atoms with van der Waals surface area (Å²) in [5.41, 5.74) is 7.36. The molecule has 2 unspecified atom stereocenters. The Morgan fingerprint density at radius 2 is 1.79 bits per heavy atom. The van der Waals surface area contributed by atoms with Gasteiger partial charge in [-0.25, -0.2) is 0 Å². The van der Waals surface area contributed by atoms with Crippen LogP contribution < -0.4 is 10.6 Å². The highest BCUT2D eigenvalue weighted by atomic mass is 32.1. The van der Waals surface area contributed by atoms with Crippen LogP contribution in [-0.4, -0.2) is 35.7 Å². The monoisotopic (exact) mass is 411 g/mol. The number of anilines is 1. The van der Waals surface area contributed by atoms with Crippen LogP contribution in [0.25, 0.3) is 0 Å². The van der Waals surface area contributed by atoms with Crippen LogP contribution >= 0.6 is 11.3 Å². The van der Waals surface area contributed by atoms with Gasteiger partial charge in [-0.1, -0.05) is 23.8 Å². The number of likely N-dealkylation sites (tertiary alicyclic amines) is 1. The van der Waals surface area contributed by atoms with E-state index >= 15 is 0 Å². The van der Waals surface area contributed by atoms with Crippen LogP contribution in [0.5, 0.6) is 0 Å². The van der Waals surface area contributed by atoms with Gasteiger partial charge in [-0.05, 0) is 43.3 Å². The van der Waals surface area contributed by atoms with Crippen molar-refractivity contribution in [1.82, 2.24) is 4.90 Å². The fourth-order valence-electron chi connectivity index (χ4n) is 4.37. The van der Waals surface area contributed by atoms with Gasteiger partial charge in [0.2, 0.25) is 17.7 Å². The Bertz CT molecular complexity index is 902. The van der Waals surface area contributed by atoms with Gasteiger partial charge in [0, 0.05) is 36.0 Å². The van der Waals surface area contributed by atoms with Crippen molar-refractivity contribution in [2.75, 3.05) is 18.0 Å². The smallest absolute Gasteiger partial charge is 0.228 e. The lowest BCUT2D eigenvalue weighted by atomic mass is 9.92. The average molecular weight is 412 g/mol. The molecule has 2 aliphatic heterocycles. The molecule has 1 aromatic carbocycles. The van der Waals surface area contributed by atoms with E-state index in [2.05, 4.69) is 0 Å². The van der Waals surface area contributed by atoms with Crippen molar-refractivity contribution >= 4 is 34.7 Å². The summed E-state index contributed by atoms with van der Waals surface area (Å²) in [7, 11) is 0. The van der Waals surface area contributed by atoms with Gasteiger partial charge in [-0.2, -0.15) is 0 Å². The molecule has 2 fully saturated rings. The number of thiophene rings is 1. The normalized spacial score (nSPS) is 22.9. The standard InChI is InChI=1S/C22H25N3O3S/c1-14-4-6-16(7-5-14)25-19(26)13-17(20(25)18-3-2-12-29-18)22(28)24-10-8-15(9-11-24)21(23)27/h2-7,12,15,17,20H,8-11,13H2,1H3,(H2,23,27). The summed E-state index contributed by atoms with van der Waals surface area (Å²) in [6.45, 7) is 3.03. The lowest BCUT2D eigenvalue weighted by Gasteiger charge is -2.34. The van der Waals surface area contributed by atoms with Gasteiger partial charge in [-0.3, -0.25) is 14.4 Å². The van der Waals surface area contributed by atoms with E-state index in [1.54, 1.807) is 21.1 Å². The Morgan fingerprint density at radius 3 is 2.38 bits per heavy atom. The average Bonchev–Trinajstić information content (AvgIpc) is 3.36. The molecular formula is C22H25N3O3S. The van der Waals surface area contributed by atoms with E-state index in [1.165, 1.54) is 0 Å². The summed E-state index contributed by atoms with van der Waals surface area (Å²) < 4.78 is 0. The van der Waals surface area contributed by atoms with E-state index in [9.17, 15) is 14.4 Å². The summed E-state index contributed by atoms with van der Waals surface area (Å²) in [5, 5.41) is 1.98. The van der Waals surface area contributed by atoms with Crippen molar-refractivity contribution in [3.05, 3.63) is 52.2 Å². The van der Waals surface area contributed by atoms with Crippen LogP contribution in [0.2, 0.25) is 0 Å². The highest BCUT2D eigenvalue weighted by molar-refractivity contribution is 7.10. The molecule has 7 heteroatoms. The molecule has 0 radical (unpaired) electrons.